The average Bonchev–Trinajstić information content (AvgIpc) is 3.46. The number of fused-ring (bicyclic) bond motifs is 1. The number of nitrogens with zero attached hydrogens (tertiary/aromatic N) is 2. The highest BCUT2D eigenvalue weighted by atomic mass is 16.1. The molecule has 0 spiro atoms. The molecule has 1 aromatic carbocycles. The van der Waals surface area contributed by atoms with Crippen LogP contribution in [0.15, 0.2) is 35.1 Å². The van der Waals surface area contributed by atoms with Crippen molar-refractivity contribution in [2.75, 3.05) is 0 Å². The second-order valence-electron chi connectivity index (χ2n) is 8.14. The number of carbonyl (C=O) groups excluding carboxylic acids is 1. The van der Waals surface area contributed by atoms with Gasteiger partial charge in [-0.25, -0.2) is 4.68 Å². The second kappa shape index (κ2) is 6.82. The summed E-state index contributed by atoms with van der Waals surface area (Å²) in [4.78, 5) is 24.9. The van der Waals surface area contributed by atoms with Gasteiger partial charge < -0.3 is 0 Å². The SMILES string of the molecule is CC(C)c1ccc(C(=O)CC2CCc3nn(C4CC4)c(=O)cc3C2)cc1. The van der Waals surface area contributed by atoms with Crippen LogP contribution < -0.4 is 5.56 Å². The van der Waals surface area contributed by atoms with Crippen LogP contribution in [0.25, 0.3) is 0 Å². The summed E-state index contributed by atoms with van der Waals surface area (Å²) in [5.41, 5.74) is 4.17. The van der Waals surface area contributed by atoms with E-state index in [2.05, 4.69) is 31.1 Å². The maximum absolute atomic E-state index is 12.6. The molecule has 4 nitrogen and oxygen atoms in total. The molecular formula is C22H26N2O2. The van der Waals surface area contributed by atoms with Crippen LogP contribution in [0.5, 0.6) is 0 Å². The Hall–Kier alpha value is -2.23. The third-order valence-electron chi connectivity index (χ3n) is 5.69. The molecule has 2 aliphatic rings. The van der Waals surface area contributed by atoms with Crippen molar-refractivity contribution in [2.24, 2.45) is 5.92 Å². The fourth-order valence-corrected chi connectivity index (χ4v) is 3.87. The van der Waals surface area contributed by atoms with E-state index in [1.165, 1.54) is 5.56 Å². The first kappa shape index (κ1) is 17.2. The number of carbonyl (C=O) groups is 1. The van der Waals surface area contributed by atoms with Crippen molar-refractivity contribution >= 4 is 5.78 Å². The summed E-state index contributed by atoms with van der Waals surface area (Å²) in [6, 6.07) is 10.1. The van der Waals surface area contributed by atoms with Gasteiger partial charge in [-0.1, -0.05) is 38.1 Å². The maximum Gasteiger partial charge on any atom is 0.267 e. The third kappa shape index (κ3) is 3.50. The van der Waals surface area contributed by atoms with Gasteiger partial charge in [0.25, 0.3) is 5.56 Å². The summed E-state index contributed by atoms with van der Waals surface area (Å²) in [6.07, 6.45) is 5.31. The molecule has 2 aromatic rings. The highest BCUT2D eigenvalue weighted by Gasteiger charge is 2.29. The minimum Gasteiger partial charge on any atom is -0.294 e. The van der Waals surface area contributed by atoms with Gasteiger partial charge in [0.2, 0.25) is 0 Å². The zero-order chi connectivity index (χ0) is 18.3. The lowest BCUT2D eigenvalue weighted by Gasteiger charge is -2.23. The van der Waals surface area contributed by atoms with Crippen LogP contribution in [0.1, 0.15) is 78.7 Å². The van der Waals surface area contributed by atoms with Crippen molar-refractivity contribution < 1.29 is 4.79 Å². The molecule has 0 radical (unpaired) electrons. The molecule has 26 heavy (non-hydrogen) atoms. The molecule has 4 heteroatoms. The molecule has 136 valence electrons. The van der Waals surface area contributed by atoms with E-state index in [0.717, 1.165) is 48.9 Å². The lowest BCUT2D eigenvalue weighted by molar-refractivity contribution is 0.0957. The fraction of sp³-hybridized carbons (Fsp3) is 0.500. The van der Waals surface area contributed by atoms with Gasteiger partial charge in [-0.2, -0.15) is 5.10 Å². The van der Waals surface area contributed by atoms with Gasteiger partial charge in [0.05, 0.1) is 11.7 Å². The van der Waals surface area contributed by atoms with E-state index in [4.69, 9.17) is 0 Å². The Morgan fingerprint density at radius 3 is 2.58 bits per heavy atom. The van der Waals surface area contributed by atoms with Crippen molar-refractivity contribution in [1.82, 2.24) is 9.78 Å². The molecule has 1 unspecified atom stereocenters. The first-order valence-corrected chi connectivity index (χ1v) is 9.76. The standard InChI is InChI=1S/C22H26N2O2/c1-14(2)16-4-6-17(7-5-16)21(25)12-15-3-10-20-18(11-15)13-22(26)24(23-20)19-8-9-19/h4-7,13-15,19H,3,8-12H2,1-2H3. The number of hydrogen-bond acceptors (Lipinski definition) is 3. The van der Waals surface area contributed by atoms with Crippen molar-refractivity contribution in [3.63, 3.8) is 0 Å². The van der Waals surface area contributed by atoms with Crippen LogP contribution in [-0.2, 0) is 12.8 Å². The number of rotatable bonds is 5. The second-order valence-corrected chi connectivity index (χ2v) is 8.14. The topological polar surface area (TPSA) is 52.0 Å². The summed E-state index contributed by atoms with van der Waals surface area (Å²) < 4.78 is 1.67. The van der Waals surface area contributed by atoms with Crippen molar-refractivity contribution in [3.05, 3.63) is 63.1 Å². The van der Waals surface area contributed by atoms with E-state index < -0.39 is 0 Å². The van der Waals surface area contributed by atoms with E-state index in [-0.39, 0.29) is 11.3 Å². The van der Waals surface area contributed by atoms with E-state index in [1.54, 1.807) is 10.7 Å². The van der Waals surface area contributed by atoms with Gasteiger partial charge in [0.1, 0.15) is 0 Å². The minimum atomic E-state index is 0.0162. The molecule has 1 heterocycles. The summed E-state index contributed by atoms with van der Waals surface area (Å²) in [5, 5.41) is 4.59. The van der Waals surface area contributed by atoms with Crippen LogP contribution in [0, 0.1) is 5.92 Å². The third-order valence-corrected chi connectivity index (χ3v) is 5.69. The molecule has 1 atom stereocenters. The van der Waals surface area contributed by atoms with Crippen LogP contribution in [0.4, 0.5) is 0 Å². The zero-order valence-corrected chi connectivity index (χ0v) is 15.6. The normalized spacial score (nSPS) is 19.4. The highest BCUT2D eigenvalue weighted by Crippen LogP contribution is 2.34. The number of aromatic nitrogens is 2. The molecule has 0 aliphatic heterocycles. The first-order valence-electron chi connectivity index (χ1n) is 9.76. The lowest BCUT2D eigenvalue weighted by Crippen LogP contribution is -2.28. The van der Waals surface area contributed by atoms with Gasteiger partial charge in [-0.3, -0.25) is 9.59 Å². The van der Waals surface area contributed by atoms with Crippen LogP contribution in [0.2, 0.25) is 0 Å². The fourth-order valence-electron chi connectivity index (χ4n) is 3.87. The number of hydrogen-bond donors (Lipinski definition) is 0. The summed E-state index contributed by atoms with van der Waals surface area (Å²) in [5.74, 6) is 0.979. The van der Waals surface area contributed by atoms with Gasteiger partial charge in [-0.15, -0.1) is 0 Å². The van der Waals surface area contributed by atoms with Gasteiger partial charge in [0.15, 0.2) is 5.78 Å². The summed E-state index contributed by atoms with van der Waals surface area (Å²) in [6.45, 7) is 4.31. The molecule has 1 fully saturated rings. The van der Waals surface area contributed by atoms with E-state index in [9.17, 15) is 9.59 Å². The predicted molar refractivity (Wildman–Crippen MR) is 102 cm³/mol. The number of benzene rings is 1. The molecule has 0 N–H and O–H groups in total. The van der Waals surface area contributed by atoms with Crippen molar-refractivity contribution in [1.29, 1.82) is 0 Å². The predicted octanol–water partition coefficient (Wildman–Crippen LogP) is 4.08. The number of aryl methyl sites for hydroxylation is 1. The average molecular weight is 350 g/mol. The molecule has 2 aliphatic carbocycles. The molecule has 0 amide bonds. The van der Waals surface area contributed by atoms with E-state index >= 15 is 0 Å². The Morgan fingerprint density at radius 2 is 1.92 bits per heavy atom. The maximum atomic E-state index is 12.6. The largest absolute Gasteiger partial charge is 0.294 e. The van der Waals surface area contributed by atoms with Gasteiger partial charge in [0, 0.05) is 18.1 Å². The molecule has 1 aromatic heterocycles. The van der Waals surface area contributed by atoms with Gasteiger partial charge in [-0.05, 0) is 55.1 Å². The monoisotopic (exact) mass is 350 g/mol. The highest BCUT2D eigenvalue weighted by molar-refractivity contribution is 5.96. The summed E-state index contributed by atoms with van der Waals surface area (Å²) in [7, 11) is 0. The Morgan fingerprint density at radius 1 is 1.19 bits per heavy atom. The molecule has 0 bridgehead atoms. The summed E-state index contributed by atoms with van der Waals surface area (Å²) >= 11 is 0. The van der Waals surface area contributed by atoms with E-state index in [0.29, 0.717) is 24.3 Å². The lowest BCUT2D eigenvalue weighted by atomic mass is 9.83. The Balaban J connectivity index is 1.44. The Kier molecular flexibility index (Phi) is 4.51. The minimum absolute atomic E-state index is 0.0162. The van der Waals surface area contributed by atoms with Crippen LogP contribution in [0.3, 0.4) is 0 Å². The molecule has 4 rings (SSSR count). The van der Waals surface area contributed by atoms with Gasteiger partial charge >= 0.3 is 0 Å². The Bertz CT molecular complexity index is 876. The quantitative estimate of drug-likeness (QED) is 0.764. The molecule has 0 saturated heterocycles. The smallest absolute Gasteiger partial charge is 0.267 e. The molecular weight excluding hydrogens is 324 g/mol. The van der Waals surface area contributed by atoms with Crippen LogP contribution >= 0.6 is 0 Å². The van der Waals surface area contributed by atoms with Crippen LogP contribution in [-0.4, -0.2) is 15.6 Å². The zero-order valence-electron chi connectivity index (χ0n) is 15.6. The van der Waals surface area contributed by atoms with E-state index in [1.807, 2.05) is 12.1 Å². The van der Waals surface area contributed by atoms with Crippen molar-refractivity contribution in [3.8, 4) is 0 Å². The first-order chi connectivity index (χ1) is 12.5. The van der Waals surface area contributed by atoms with Crippen molar-refractivity contribution in [2.45, 2.75) is 64.3 Å². The number of Topliss-reactive ketones (excluding diaryl/α,β-unsaturated/α-hetero) is 1. The Labute approximate surface area is 154 Å². The number of ketones is 1. The molecule has 1 saturated carbocycles.